The molecule has 7 heteroatoms. The predicted octanol–water partition coefficient (Wildman–Crippen LogP) is 1.76. The summed E-state index contributed by atoms with van der Waals surface area (Å²) < 4.78 is 44.2. The van der Waals surface area contributed by atoms with Crippen LogP contribution in [0.4, 0.5) is 18.0 Å². The Kier molecular flexibility index (Phi) is 4.24. The molecule has 1 aliphatic heterocycles. The van der Waals surface area contributed by atoms with Crippen molar-refractivity contribution < 1.29 is 22.7 Å². The van der Waals surface area contributed by atoms with Crippen LogP contribution in [-0.4, -0.2) is 49.5 Å². The van der Waals surface area contributed by atoms with Crippen molar-refractivity contribution in [2.75, 3.05) is 26.7 Å². The number of hydrogen-bond donors (Lipinski definition) is 1. The first-order valence-corrected chi connectivity index (χ1v) is 5.55. The van der Waals surface area contributed by atoms with Crippen LogP contribution in [0.15, 0.2) is 0 Å². The van der Waals surface area contributed by atoms with Crippen molar-refractivity contribution in [2.45, 2.75) is 31.5 Å². The normalized spacial score (nSPS) is 25.1. The van der Waals surface area contributed by atoms with Crippen LogP contribution < -0.4 is 5.32 Å². The molecule has 0 aromatic carbocycles. The number of nitrogens with one attached hydrogen (secondary N) is 1. The van der Waals surface area contributed by atoms with E-state index in [1.54, 1.807) is 6.92 Å². The smallest absolute Gasteiger partial charge is 0.413 e. The number of carbonyl (C=O) groups is 1. The van der Waals surface area contributed by atoms with E-state index >= 15 is 0 Å². The van der Waals surface area contributed by atoms with Crippen LogP contribution in [0.25, 0.3) is 0 Å². The predicted molar refractivity (Wildman–Crippen MR) is 55.7 cm³/mol. The van der Waals surface area contributed by atoms with E-state index in [4.69, 9.17) is 0 Å². The van der Waals surface area contributed by atoms with Gasteiger partial charge >= 0.3 is 12.3 Å². The minimum Gasteiger partial charge on any atom is -0.450 e. The van der Waals surface area contributed by atoms with Crippen molar-refractivity contribution in [2.24, 2.45) is 0 Å². The molecular weight excluding hydrogens is 237 g/mol. The summed E-state index contributed by atoms with van der Waals surface area (Å²) in [5.74, 6) is 0. The molecule has 0 spiro atoms. The average Bonchev–Trinajstić information content (AvgIpc) is 2.63. The van der Waals surface area contributed by atoms with E-state index in [0.29, 0.717) is 6.42 Å². The van der Waals surface area contributed by atoms with Crippen molar-refractivity contribution in [3.05, 3.63) is 0 Å². The number of ether oxygens (including phenoxy) is 1. The maximum absolute atomic E-state index is 13.2. The molecule has 1 atom stereocenters. The number of carbonyl (C=O) groups excluding carboxylic acids is 1. The zero-order valence-corrected chi connectivity index (χ0v) is 9.93. The van der Waals surface area contributed by atoms with Crippen LogP contribution in [-0.2, 0) is 4.74 Å². The molecule has 0 aliphatic carbocycles. The number of rotatable bonds is 3. The van der Waals surface area contributed by atoms with Crippen LogP contribution in [0.3, 0.4) is 0 Å². The summed E-state index contributed by atoms with van der Waals surface area (Å²) in [4.78, 5) is 12.4. The summed E-state index contributed by atoms with van der Waals surface area (Å²) in [6.07, 6.45) is -5.10. The summed E-state index contributed by atoms with van der Waals surface area (Å²) in [5, 5.41) is 2.51. The summed E-state index contributed by atoms with van der Waals surface area (Å²) in [5.41, 5.74) is -2.13. The quantitative estimate of drug-likeness (QED) is 0.834. The second-order valence-electron chi connectivity index (χ2n) is 4.01. The highest BCUT2D eigenvalue weighted by Gasteiger charge is 2.61. The maximum Gasteiger partial charge on any atom is 0.413 e. The standard InChI is InChI=1S/C10H17F3N2O2/c1-3-17-8(16)15-6-4-5-9(15,7-14-2)10(11,12)13/h14H,3-7H2,1-2H3. The molecular formula is C10H17F3N2O2. The summed E-state index contributed by atoms with van der Waals surface area (Å²) in [6, 6.07) is 0. The van der Waals surface area contributed by atoms with Gasteiger partial charge in [0, 0.05) is 13.1 Å². The molecule has 1 unspecified atom stereocenters. The van der Waals surface area contributed by atoms with Crippen LogP contribution in [0.2, 0.25) is 0 Å². The molecule has 100 valence electrons. The van der Waals surface area contributed by atoms with Gasteiger partial charge in [-0.05, 0) is 26.8 Å². The second-order valence-corrected chi connectivity index (χ2v) is 4.01. The van der Waals surface area contributed by atoms with E-state index in [1.165, 1.54) is 7.05 Å². The maximum atomic E-state index is 13.2. The van der Waals surface area contributed by atoms with E-state index < -0.39 is 17.8 Å². The van der Waals surface area contributed by atoms with E-state index in [1.807, 2.05) is 0 Å². The van der Waals surface area contributed by atoms with Crippen LogP contribution in [0.1, 0.15) is 19.8 Å². The molecule has 1 heterocycles. The Hall–Kier alpha value is -0.980. The van der Waals surface area contributed by atoms with Gasteiger partial charge in [-0.25, -0.2) is 4.79 Å². The number of amides is 1. The second kappa shape index (κ2) is 5.12. The number of likely N-dealkylation sites (tertiary alicyclic amines) is 1. The number of hydrogen-bond acceptors (Lipinski definition) is 3. The molecule has 17 heavy (non-hydrogen) atoms. The van der Waals surface area contributed by atoms with Gasteiger partial charge in [-0.2, -0.15) is 13.2 Å². The minimum atomic E-state index is -4.46. The number of likely N-dealkylation sites (N-methyl/N-ethyl adjacent to an activating group) is 1. The highest BCUT2D eigenvalue weighted by molar-refractivity contribution is 5.69. The highest BCUT2D eigenvalue weighted by Crippen LogP contribution is 2.43. The first-order valence-electron chi connectivity index (χ1n) is 5.55. The Morgan fingerprint density at radius 3 is 2.65 bits per heavy atom. The molecule has 0 aromatic heterocycles. The van der Waals surface area contributed by atoms with Gasteiger partial charge in [0.05, 0.1) is 6.61 Å². The lowest BCUT2D eigenvalue weighted by atomic mass is 9.95. The Balaban J connectivity index is 2.98. The highest BCUT2D eigenvalue weighted by atomic mass is 19.4. The van der Waals surface area contributed by atoms with Gasteiger partial charge in [0.15, 0.2) is 5.54 Å². The summed E-state index contributed by atoms with van der Waals surface area (Å²) in [7, 11) is 1.44. The van der Waals surface area contributed by atoms with Crippen molar-refractivity contribution in [1.29, 1.82) is 0 Å². The van der Waals surface area contributed by atoms with Crippen molar-refractivity contribution in [3.63, 3.8) is 0 Å². The van der Waals surface area contributed by atoms with Gasteiger partial charge < -0.3 is 10.1 Å². The fraction of sp³-hybridized carbons (Fsp3) is 0.900. The lowest BCUT2D eigenvalue weighted by molar-refractivity contribution is -0.215. The Morgan fingerprint density at radius 1 is 1.53 bits per heavy atom. The van der Waals surface area contributed by atoms with Crippen molar-refractivity contribution in [1.82, 2.24) is 10.2 Å². The SMILES string of the molecule is CCOC(=O)N1CCCC1(CNC)C(F)(F)F. The first-order chi connectivity index (χ1) is 7.89. The number of halogens is 3. The zero-order chi connectivity index (χ0) is 13.1. The van der Waals surface area contributed by atoms with Gasteiger partial charge in [0.2, 0.25) is 0 Å². The van der Waals surface area contributed by atoms with Gasteiger partial charge in [0.25, 0.3) is 0 Å². The fourth-order valence-corrected chi connectivity index (χ4v) is 2.22. The van der Waals surface area contributed by atoms with Gasteiger partial charge in [-0.15, -0.1) is 0 Å². The fourth-order valence-electron chi connectivity index (χ4n) is 2.22. The van der Waals surface area contributed by atoms with Crippen LogP contribution in [0, 0.1) is 0 Å². The van der Waals surface area contributed by atoms with E-state index in [0.717, 1.165) is 4.90 Å². The molecule has 1 fully saturated rings. The Morgan fingerprint density at radius 2 is 2.18 bits per heavy atom. The van der Waals surface area contributed by atoms with Gasteiger partial charge in [-0.3, -0.25) is 4.90 Å². The van der Waals surface area contributed by atoms with Crippen molar-refractivity contribution >= 4 is 6.09 Å². The van der Waals surface area contributed by atoms with E-state index in [2.05, 4.69) is 10.1 Å². The molecule has 1 saturated heterocycles. The van der Waals surface area contributed by atoms with Crippen LogP contribution in [0.5, 0.6) is 0 Å². The third-order valence-corrected chi connectivity index (χ3v) is 2.97. The topological polar surface area (TPSA) is 41.6 Å². The monoisotopic (exact) mass is 254 g/mol. The molecule has 4 nitrogen and oxygen atoms in total. The molecule has 1 amide bonds. The molecule has 0 saturated carbocycles. The largest absolute Gasteiger partial charge is 0.450 e. The number of nitrogens with zero attached hydrogens (tertiary/aromatic N) is 1. The zero-order valence-electron chi connectivity index (χ0n) is 9.93. The third-order valence-electron chi connectivity index (χ3n) is 2.97. The van der Waals surface area contributed by atoms with E-state index in [9.17, 15) is 18.0 Å². The molecule has 0 aromatic rings. The van der Waals surface area contributed by atoms with Gasteiger partial charge in [0.1, 0.15) is 0 Å². The lowest BCUT2D eigenvalue weighted by Gasteiger charge is -2.39. The molecule has 1 aliphatic rings. The van der Waals surface area contributed by atoms with Crippen LogP contribution >= 0.6 is 0 Å². The average molecular weight is 254 g/mol. The molecule has 0 bridgehead atoms. The van der Waals surface area contributed by atoms with Gasteiger partial charge in [-0.1, -0.05) is 0 Å². The molecule has 1 rings (SSSR count). The third kappa shape index (κ3) is 2.48. The van der Waals surface area contributed by atoms with Crippen molar-refractivity contribution in [3.8, 4) is 0 Å². The Bertz CT molecular complexity index is 283. The minimum absolute atomic E-state index is 0.0722. The van der Waals surface area contributed by atoms with E-state index in [-0.39, 0.29) is 26.1 Å². The summed E-state index contributed by atoms with van der Waals surface area (Å²) in [6.45, 7) is 1.42. The Labute approximate surface area is 98.1 Å². The number of alkyl halides is 3. The lowest BCUT2D eigenvalue weighted by Crippen LogP contribution is -2.62. The molecule has 0 radical (unpaired) electrons. The first kappa shape index (κ1) is 14.1. The molecule has 1 N–H and O–H groups in total. The summed E-state index contributed by atoms with van der Waals surface area (Å²) >= 11 is 0.